The molecule has 1 aromatic heterocycles. The van der Waals surface area contributed by atoms with E-state index in [0.29, 0.717) is 13.1 Å². The third-order valence-electron chi connectivity index (χ3n) is 2.70. The van der Waals surface area contributed by atoms with E-state index in [2.05, 4.69) is 10.5 Å². The zero-order chi connectivity index (χ0) is 13.5. The number of hydrogen-bond acceptors (Lipinski definition) is 5. The summed E-state index contributed by atoms with van der Waals surface area (Å²) in [4.78, 5) is 0. The second-order valence-corrected chi connectivity index (χ2v) is 4.35. The van der Waals surface area contributed by atoms with E-state index in [9.17, 15) is 5.11 Å². The molecule has 19 heavy (non-hydrogen) atoms. The number of benzene rings is 1. The largest absolute Gasteiger partial charge is 0.491 e. The maximum absolute atomic E-state index is 9.80. The molecular weight excluding hydrogens is 244 g/mol. The first kappa shape index (κ1) is 13.6. The van der Waals surface area contributed by atoms with Crippen LogP contribution in [0.4, 0.5) is 0 Å². The van der Waals surface area contributed by atoms with E-state index in [0.717, 1.165) is 17.0 Å². The second-order valence-electron chi connectivity index (χ2n) is 4.35. The van der Waals surface area contributed by atoms with Crippen molar-refractivity contribution < 1.29 is 14.4 Å². The zero-order valence-corrected chi connectivity index (χ0v) is 10.9. The molecule has 0 bridgehead atoms. The molecule has 0 aliphatic carbocycles. The Morgan fingerprint density at radius 2 is 2.21 bits per heavy atom. The Morgan fingerprint density at radius 1 is 1.37 bits per heavy atom. The Kier molecular flexibility index (Phi) is 4.94. The number of rotatable bonds is 7. The van der Waals surface area contributed by atoms with Gasteiger partial charge in [-0.15, -0.1) is 0 Å². The summed E-state index contributed by atoms with van der Waals surface area (Å²) < 4.78 is 10.3. The maximum atomic E-state index is 9.80. The van der Waals surface area contributed by atoms with Gasteiger partial charge in [-0.05, 0) is 18.6 Å². The molecule has 0 amide bonds. The van der Waals surface area contributed by atoms with Gasteiger partial charge < -0.3 is 19.7 Å². The number of para-hydroxylation sites is 1. The lowest BCUT2D eigenvalue weighted by Crippen LogP contribution is -2.31. The van der Waals surface area contributed by atoms with E-state index < -0.39 is 6.10 Å². The first-order valence-electron chi connectivity index (χ1n) is 6.22. The van der Waals surface area contributed by atoms with Gasteiger partial charge in [0, 0.05) is 19.2 Å². The van der Waals surface area contributed by atoms with Crippen LogP contribution >= 0.6 is 0 Å². The molecule has 2 N–H and O–H groups in total. The molecular formula is C14H18N2O3. The van der Waals surface area contributed by atoms with E-state index in [-0.39, 0.29) is 6.61 Å². The molecule has 0 spiro atoms. The molecule has 0 radical (unpaired) electrons. The van der Waals surface area contributed by atoms with Crippen molar-refractivity contribution >= 4 is 0 Å². The lowest BCUT2D eigenvalue weighted by Gasteiger charge is -2.14. The molecule has 102 valence electrons. The van der Waals surface area contributed by atoms with Crippen LogP contribution in [0.15, 0.2) is 41.1 Å². The average Bonchev–Trinajstić information content (AvgIpc) is 2.91. The highest BCUT2D eigenvalue weighted by atomic mass is 16.5. The number of hydrogen-bond donors (Lipinski definition) is 2. The summed E-state index contributed by atoms with van der Waals surface area (Å²) in [6, 6.07) is 9.52. The van der Waals surface area contributed by atoms with Crippen LogP contribution in [0.1, 0.15) is 11.3 Å². The van der Waals surface area contributed by atoms with Crippen LogP contribution < -0.4 is 10.1 Å². The number of aliphatic hydroxyl groups excluding tert-OH is 1. The van der Waals surface area contributed by atoms with Gasteiger partial charge in [-0.25, -0.2) is 0 Å². The number of nitrogens with one attached hydrogen (secondary N) is 1. The second kappa shape index (κ2) is 6.92. The molecule has 0 saturated carbocycles. The van der Waals surface area contributed by atoms with Gasteiger partial charge in [0.1, 0.15) is 24.7 Å². The SMILES string of the molecule is Cc1ccccc1OCC(O)CNCc1ccon1. The van der Waals surface area contributed by atoms with Gasteiger partial charge in [-0.2, -0.15) is 0 Å². The van der Waals surface area contributed by atoms with Crippen LogP contribution in [0.5, 0.6) is 5.75 Å². The molecule has 1 unspecified atom stereocenters. The van der Waals surface area contributed by atoms with Gasteiger partial charge in [0.2, 0.25) is 0 Å². The van der Waals surface area contributed by atoms with Crippen LogP contribution in [0.2, 0.25) is 0 Å². The molecule has 5 nitrogen and oxygen atoms in total. The van der Waals surface area contributed by atoms with Gasteiger partial charge >= 0.3 is 0 Å². The minimum atomic E-state index is -0.563. The van der Waals surface area contributed by atoms with Crippen molar-refractivity contribution in [1.29, 1.82) is 0 Å². The molecule has 2 rings (SSSR count). The fourth-order valence-electron chi connectivity index (χ4n) is 1.66. The van der Waals surface area contributed by atoms with Gasteiger partial charge in [0.05, 0.1) is 5.69 Å². The molecule has 0 aliphatic heterocycles. The minimum Gasteiger partial charge on any atom is -0.491 e. The fourth-order valence-corrected chi connectivity index (χ4v) is 1.66. The Hall–Kier alpha value is -1.85. The highest BCUT2D eigenvalue weighted by Crippen LogP contribution is 2.16. The Balaban J connectivity index is 1.67. The Morgan fingerprint density at radius 3 is 2.95 bits per heavy atom. The van der Waals surface area contributed by atoms with Gasteiger partial charge in [-0.1, -0.05) is 23.4 Å². The highest BCUT2D eigenvalue weighted by molar-refractivity contribution is 5.31. The van der Waals surface area contributed by atoms with Crippen LogP contribution in [0.3, 0.4) is 0 Å². The van der Waals surface area contributed by atoms with Gasteiger partial charge in [0.15, 0.2) is 0 Å². The fraction of sp³-hybridized carbons (Fsp3) is 0.357. The van der Waals surface area contributed by atoms with E-state index in [1.54, 1.807) is 6.07 Å². The topological polar surface area (TPSA) is 67.5 Å². The number of aliphatic hydroxyl groups is 1. The van der Waals surface area contributed by atoms with Crippen LogP contribution in [0.25, 0.3) is 0 Å². The first-order valence-corrected chi connectivity index (χ1v) is 6.22. The lowest BCUT2D eigenvalue weighted by atomic mass is 10.2. The van der Waals surface area contributed by atoms with E-state index >= 15 is 0 Å². The third kappa shape index (κ3) is 4.39. The van der Waals surface area contributed by atoms with Gasteiger partial charge in [-0.3, -0.25) is 0 Å². The summed E-state index contributed by atoms with van der Waals surface area (Å²) in [5, 5.41) is 16.7. The van der Waals surface area contributed by atoms with E-state index in [4.69, 9.17) is 9.26 Å². The highest BCUT2D eigenvalue weighted by Gasteiger charge is 2.06. The smallest absolute Gasteiger partial charge is 0.124 e. The zero-order valence-electron chi connectivity index (χ0n) is 10.9. The van der Waals surface area contributed by atoms with Crippen LogP contribution in [-0.2, 0) is 6.54 Å². The number of ether oxygens (including phenoxy) is 1. The van der Waals surface area contributed by atoms with Crippen molar-refractivity contribution in [1.82, 2.24) is 10.5 Å². The molecule has 0 aliphatic rings. The molecule has 1 aromatic carbocycles. The summed E-state index contributed by atoms with van der Waals surface area (Å²) in [7, 11) is 0. The molecule has 1 atom stereocenters. The first-order chi connectivity index (χ1) is 9.25. The van der Waals surface area contributed by atoms with E-state index in [1.165, 1.54) is 6.26 Å². The average molecular weight is 262 g/mol. The van der Waals surface area contributed by atoms with Crippen molar-refractivity contribution in [3.05, 3.63) is 47.9 Å². The molecule has 1 heterocycles. The Bertz CT molecular complexity index is 485. The molecule has 5 heteroatoms. The van der Waals surface area contributed by atoms with Crippen molar-refractivity contribution in [2.24, 2.45) is 0 Å². The van der Waals surface area contributed by atoms with Crippen LogP contribution in [0, 0.1) is 6.92 Å². The minimum absolute atomic E-state index is 0.261. The molecule has 0 fully saturated rings. The van der Waals surface area contributed by atoms with Crippen molar-refractivity contribution in [2.45, 2.75) is 19.6 Å². The quantitative estimate of drug-likeness (QED) is 0.791. The summed E-state index contributed by atoms with van der Waals surface area (Å²) >= 11 is 0. The molecule has 0 saturated heterocycles. The maximum Gasteiger partial charge on any atom is 0.124 e. The van der Waals surface area contributed by atoms with Crippen molar-refractivity contribution in [2.75, 3.05) is 13.2 Å². The Labute approximate surface area is 112 Å². The third-order valence-corrected chi connectivity index (χ3v) is 2.70. The number of aromatic nitrogens is 1. The predicted octanol–water partition coefficient (Wildman–Crippen LogP) is 1.51. The number of aryl methyl sites for hydroxylation is 1. The monoisotopic (exact) mass is 262 g/mol. The molecule has 2 aromatic rings. The standard InChI is InChI=1S/C14H18N2O3/c1-11-4-2-3-5-14(11)18-10-13(17)9-15-8-12-6-7-19-16-12/h2-7,13,15,17H,8-10H2,1H3. The summed E-state index contributed by atoms with van der Waals surface area (Å²) in [5.74, 6) is 0.804. The summed E-state index contributed by atoms with van der Waals surface area (Å²) in [5.41, 5.74) is 1.87. The number of nitrogens with zero attached hydrogens (tertiary/aromatic N) is 1. The normalized spacial score (nSPS) is 12.3. The van der Waals surface area contributed by atoms with E-state index in [1.807, 2.05) is 31.2 Å². The summed E-state index contributed by atoms with van der Waals surface area (Å²) in [6.07, 6.45) is 0.959. The lowest BCUT2D eigenvalue weighted by molar-refractivity contribution is 0.105. The van der Waals surface area contributed by atoms with Gasteiger partial charge in [0.25, 0.3) is 0 Å². The van der Waals surface area contributed by atoms with Crippen molar-refractivity contribution in [3.8, 4) is 5.75 Å². The predicted molar refractivity (Wildman–Crippen MR) is 70.9 cm³/mol. The summed E-state index contributed by atoms with van der Waals surface area (Å²) in [6.45, 7) is 3.25. The van der Waals surface area contributed by atoms with Crippen LogP contribution in [-0.4, -0.2) is 29.5 Å². The van der Waals surface area contributed by atoms with Crippen molar-refractivity contribution in [3.63, 3.8) is 0 Å².